The third-order valence-electron chi connectivity index (χ3n) is 6.14. The fraction of sp³-hybridized carbons (Fsp3) is 0.455. The highest BCUT2D eigenvalue weighted by atomic mass is 32.1. The first-order valence-corrected chi connectivity index (χ1v) is 11.1. The van der Waals surface area contributed by atoms with Crippen LogP contribution in [-0.4, -0.2) is 50.8 Å². The predicted molar refractivity (Wildman–Crippen MR) is 119 cm³/mol. The number of likely N-dealkylation sites (tertiary alicyclic amines) is 1. The number of aryl methyl sites for hydroxylation is 1. The number of thiophene rings is 1. The van der Waals surface area contributed by atoms with E-state index >= 15 is 0 Å². The molecule has 2 fully saturated rings. The van der Waals surface area contributed by atoms with E-state index in [0.29, 0.717) is 6.04 Å². The number of benzene rings is 1. The van der Waals surface area contributed by atoms with Gasteiger partial charge in [0.2, 0.25) is 0 Å². The molecule has 0 aliphatic carbocycles. The lowest BCUT2D eigenvalue weighted by Crippen LogP contribution is -2.30. The van der Waals surface area contributed by atoms with Crippen LogP contribution in [0, 0.1) is 6.92 Å². The summed E-state index contributed by atoms with van der Waals surface area (Å²) >= 11 is 1.90. The molecule has 2 unspecified atom stereocenters. The van der Waals surface area contributed by atoms with E-state index in [1.54, 1.807) is 0 Å². The SMILES string of the molecule is CNC1CCN(C2=CC(c3ccc(N4CCNC4)cc3)Nc3cc(C)sc32)C1. The van der Waals surface area contributed by atoms with Gasteiger partial charge in [0, 0.05) is 42.8 Å². The Morgan fingerprint density at radius 3 is 2.71 bits per heavy atom. The number of hydrogen-bond donors (Lipinski definition) is 3. The van der Waals surface area contributed by atoms with Crippen LogP contribution in [0.2, 0.25) is 0 Å². The van der Waals surface area contributed by atoms with E-state index < -0.39 is 0 Å². The minimum Gasteiger partial charge on any atom is -0.373 e. The molecule has 3 N–H and O–H groups in total. The van der Waals surface area contributed by atoms with Gasteiger partial charge in [-0.2, -0.15) is 0 Å². The molecule has 1 aromatic heterocycles. The number of nitrogens with zero attached hydrogens (tertiary/aromatic N) is 2. The number of nitrogens with one attached hydrogen (secondary N) is 3. The van der Waals surface area contributed by atoms with Crippen molar-refractivity contribution in [3.8, 4) is 0 Å². The van der Waals surface area contributed by atoms with Gasteiger partial charge in [-0.3, -0.25) is 5.32 Å². The second-order valence-electron chi connectivity index (χ2n) is 8.01. The Kier molecular flexibility index (Phi) is 4.78. The van der Waals surface area contributed by atoms with Crippen LogP contribution in [0.25, 0.3) is 5.70 Å². The predicted octanol–water partition coefficient (Wildman–Crippen LogP) is 3.23. The topological polar surface area (TPSA) is 42.6 Å². The van der Waals surface area contributed by atoms with Crippen LogP contribution in [0.15, 0.2) is 36.4 Å². The molecule has 2 saturated heterocycles. The Labute approximate surface area is 171 Å². The molecule has 0 amide bonds. The molecule has 0 spiro atoms. The average molecular weight is 396 g/mol. The molecule has 4 heterocycles. The zero-order valence-electron chi connectivity index (χ0n) is 16.7. The van der Waals surface area contributed by atoms with Crippen LogP contribution >= 0.6 is 11.3 Å². The van der Waals surface area contributed by atoms with Gasteiger partial charge in [-0.05, 0) is 50.2 Å². The molecule has 28 heavy (non-hydrogen) atoms. The van der Waals surface area contributed by atoms with Crippen molar-refractivity contribution in [2.24, 2.45) is 0 Å². The van der Waals surface area contributed by atoms with Crippen molar-refractivity contribution in [3.05, 3.63) is 51.7 Å². The van der Waals surface area contributed by atoms with E-state index in [-0.39, 0.29) is 6.04 Å². The van der Waals surface area contributed by atoms with Crippen LogP contribution in [0.3, 0.4) is 0 Å². The summed E-state index contributed by atoms with van der Waals surface area (Å²) in [6.07, 6.45) is 3.65. The summed E-state index contributed by atoms with van der Waals surface area (Å²) in [5, 5.41) is 10.6. The number of fused-ring (bicyclic) bond motifs is 1. The van der Waals surface area contributed by atoms with Crippen molar-refractivity contribution in [1.29, 1.82) is 0 Å². The van der Waals surface area contributed by atoms with Gasteiger partial charge in [-0.1, -0.05) is 12.1 Å². The van der Waals surface area contributed by atoms with Crippen LogP contribution in [-0.2, 0) is 0 Å². The third kappa shape index (κ3) is 3.30. The van der Waals surface area contributed by atoms with Gasteiger partial charge in [0.05, 0.1) is 29.0 Å². The standard InChI is InChI=1S/C22H29N5S/c1-15-11-20-22(28-15)21(26-9-7-17(13-26)23-2)12-19(25-20)16-3-5-18(6-4-16)27-10-8-24-14-27/h3-6,11-12,17,19,23-25H,7-10,13-14H2,1-2H3. The number of likely N-dealkylation sites (N-methyl/N-ethyl adjacent to an activating group) is 1. The maximum absolute atomic E-state index is 3.77. The highest BCUT2D eigenvalue weighted by Gasteiger charge is 2.30. The summed E-state index contributed by atoms with van der Waals surface area (Å²) in [6, 6.07) is 12.2. The van der Waals surface area contributed by atoms with E-state index in [9.17, 15) is 0 Å². The Bertz CT molecular complexity index is 866. The van der Waals surface area contributed by atoms with E-state index in [0.717, 1.165) is 32.8 Å². The molecular weight excluding hydrogens is 366 g/mol. The van der Waals surface area contributed by atoms with Crippen LogP contribution in [0.4, 0.5) is 11.4 Å². The molecule has 6 heteroatoms. The quantitative estimate of drug-likeness (QED) is 0.742. The molecular formula is C22H29N5S. The van der Waals surface area contributed by atoms with Crippen molar-refractivity contribution in [3.63, 3.8) is 0 Å². The largest absolute Gasteiger partial charge is 0.373 e. The molecule has 2 atom stereocenters. The minimum absolute atomic E-state index is 0.218. The van der Waals surface area contributed by atoms with Gasteiger partial charge in [-0.25, -0.2) is 0 Å². The highest BCUT2D eigenvalue weighted by Crippen LogP contribution is 2.43. The van der Waals surface area contributed by atoms with Crippen molar-refractivity contribution >= 4 is 28.4 Å². The van der Waals surface area contributed by atoms with Crippen molar-refractivity contribution < 1.29 is 0 Å². The maximum Gasteiger partial charge on any atom is 0.0736 e. The number of hydrogen-bond acceptors (Lipinski definition) is 6. The van der Waals surface area contributed by atoms with Crippen molar-refractivity contribution in [2.75, 3.05) is 50.1 Å². The summed E-state index contributed by atoms with van der Waals surface area (Å²) in [5.74, 6) is 0. The number of anilines is 2. The van der Waals surface area contributed by atoms with Gasteiger partial charge in [0.15, 0.2) is 0 Å². The average Bonchev–Trinajstić information content (AvgIpc) is 3.47. The van der Waals surface area contributed by atoms with E-state index in [1.807, 2.05) is 11.3 Å². The van der Waals surface area contributed by atoms with Gasteiger partial charge < -0.3 is 20.4 Å². The second-order valence-corrected chi connectivity index (χ2v) is 9.26. The summed E-state index contributed by atoms with van der Waals surface area (Å²) in [4.78, 5) is 7.71. The van der Waals surface area contributed by atoms with Crippen LogP contribution in [0.5, 0.6) is 0 Å². The molecule has 3 aliphatic heterocycles. The van der Waals surface area contributed by atoms with Crippen molar-refractivity contribution in [2.45, 2.75) is 25.4 Å². The Morgan fingerprint density at radius 2 is 2.00 bits per heavy atom. The fourth-order valence-corrected chi connectivity index (χ4v) is 5.55. The first-order chi connectivity index (χ1) is 13.7. The van der Waals surface area contributed by atoms with E-state index in [2.05, 4.69) is 76.1 Å². The smallest absolute Gasteiger partial charge is 0.0736 e. The monoisotopic (exact) mass is 395 g/mol. The Morgan fingerprint density at radius 1 is 1.14 bits per heavy atom. The maximum atomic E-state index is 3.77. The van der Waals surface area contributed by atoms with Gasteiger partial charge >= 0.3 is 0 Å². The first-order valence-electron chi connectivity index (χ1n) is 10.3. The van der Waals surface area contributed by atoms with E-state index in [4.69, 9.17) is 0 Å². The molecule has 5 nitrogen and oxygen atoms in total. The lowest BCUT2D eigenvalue weighted by Gasteiger charge is -2.30. The minimum atomic E-state index is 0.218. The molecule has 0 bridgehead atoms. The normalized spacial score (nSPS) is 24.3. The Hall–Kier alpha value is -2.02. The van der Waals surface area contributed by atoms with E-state index in [1.165, 1.54) is 38.8 Å². The lowest BCUT2D eigenvalue weighted by atomic mass is 10.0. The zero-order chi connectivity index (χ0) is 19.1. The summed E-state index contributed by atoms with van der Waals surface area (Å²) in [5.41, 5.74) is 5.32. The molecule has 148 valence electrons. The molecule has 2 aromatic rings. The second kappa shape index (κ2) is 7.43. The van der Waals surface area contributed by atoms with Crippen LogP contribution in [0.1, 0.15) is 27.8 Å². The molecule has 0 saturated carbocycles. The molecule has 1 aromatic carbocycles. The van der Waals surface area contributed by atoms with Crippen molar-refractivity contribution in [1.82, 2.24) is 15.5 Å². The number of rotatable bonds is 4. The van der Waals surface area contributed by atoms with Gasteiger partial charge in [0.25, 0.3) is 0 Å². The van der Waals surface area contributed by atoms with Crippen LogP contribution < -0.4 is 20.9 Å². The highest BCUT2D eigenvalue weighted by molar-refractivity contribution is 7.13. The molecule has 3 aliphatic rings. The summed E-state index contributed by atoms with van der Waals surface area (Å²) < 4.78 is 0. The first kappa shape index (κ1) is 18.0. The fourth-order valence-electron chi connectivity index (χ4n) is 4.52. The zero-order valence-corrected chi connectivity index (χ0v) is 17.5. The Balaban J connectivity index is 1.44. The lowest BCUT2D eigenvalue weighted by molar-refractivity contribution is 0.469. The summed E-state index contributed by atoms with van der Waals surface area (Å²) in [7, 11) is 2.08. The molecule has 0 radical (unpaired) electrons. The van der Waals surface area contributed by atoms with Gasteiger partial charge in [-0.15, -0.1) is 11.3 Å². The molecule has 5 rings (SSSR count). The summed E-state index contributed by atoms with van der Waals surface area (Å²) in [6.45, 7) is 7.53. The van der Waals surface area contributed by atoms with Gasteiger partial charge in [0.1, 0.15) is 0 Å². The third-order valence-corrected chi connectivity index (χ3v) is 7.21.